The molecule has 8 fully saturated rings. The largest absolute Gasteiger partial charge is 0.309 e. The number of rotatable bonds is 6. The molecule has 8 bridgehead atoms. The summed E-state index contributed by atoms with van der Waals surface area (Å²) < 4.78 is 9.81. The number of hydrogen-bond donors (Lipinski definition) is 0. The summed E-state index contributed by atoms with van der Waals surface area (Å²) in [5, 5.41) is 13.7. The Kier molecular flexibility index (Phi) is 13.3. The van der Waals surface area contributed by atoms with E-state index < -0.39 is 0 Å². The summed E-state index contributed by atoms with van der Waals surface area (Å²) in [6.07, 6.45) is 18.0. The van der Waals surface area contributed by atoms with Crippen molar-refractivity contribution < 1.29 is 0 Å². The van der Waals surface area contributed by atoms with Gasteiger partial charge in [0.25, 0.3) is 0 Å². The number of aromatic nitrogens is 6. The number of pyridine rings is 2. The van der Waals surface area contributed by atoms with E-state index in [0.29, 0.717) is 0 Å². The smallest absolute Gasteiger partial charge is 0.138 e. The summed E-state index contributed by atoms with van der Waals surface area (Å²) in [5.74, 6) is 7.65. The van der Waals surface area contributed by atoms with Gasteiger partial charge in [0.1, 0.15) is 5.82 Å². The van der Waals surface area contributed by atoms with Crippen molar-refractivity contribution in [3.05, 3.63) is 350 Å². The van der Waals surface area contributed by atoms with Crippen LogP contribution in [0, 0.1) is 47.3 Å². The van der Waals surface area contributed by atoms with Crippen molar-refractivity contribution in [2.45, 2.75) is 75.0 Å². The molecule has 0 unspecified atom stereocenters. The van der Waals surface area contributed by atoms with Crippen molar-refractivity contribution in [3.63, 3.8) is 0 Å². The van der Waals surface area contributed by atoms with E-state index in [-0.39, 0.29) is 10.8 Å². The second-order valence-electron chi connectivity index (χ2n) is 36.0. The first-order chi connectivity index (χ1) is 57.4. The Balaban J connectivity index is 0.000000124. The molecular weight excluding hydrogens is 1410 g/mol. The van der Waals surface area contributed by atoms with Crippen molar-refractivity contribution in [2.24, 2.45) is 47.3 Å². The lowest BCUT2D eigenvalue weighted by Crippen LogP contribution is -2.55. The molecule has 0 radical (unpaired) electrons. The van der Waals surface area contributed by atoms with Crippen LogP contribution in [0.25, 0.3) is 176 Å². The summed E-state index contributed by atoms with van der Waals surface area (Å²) >= 11 is 0. The minimum absolute atomic E-state index is 0.146. The molecule has 0 amide bonds. The normalized spacial score (nSPS) is 22.9. The fourth-order valence-corrected chi connectivity index (χ4v) is 26.7. The first-order valence-corrected chi connectivity index (χ1v) is 42.8. The standard InChI is InChI=1S/2C55H41N3/c1-4-14-47-41(11-1)42-21-20-40(32-48(42)55(47)38-26-33-25-34(28-38)29-39(55)27-33)57-49-15-5-2-12-43(49)45-30-36(18-22-51(45)57)37-19-23-52-46(31-37)44-13-3-6-16-50(44)58(52)53-17-7-9-35-10-8-24-56-54(35)53;1-2-10-38-32-56-54(30-35(38)9-1)58-51-16-8-5-13-45(51)47-29-37(18-22-53(47)58)36-17-21-52-46(28-36)44-12-4-7-15-50(44)57(52)41-19-20-43-42-11-3-6-14-48(42)55(49(43)31-41)39-24-33-23-34(26-39)27-40(55)25-33/h1-24,30-34,38-39H,25-29H2;1-22,28-34,39-40H,23-27H2. The summed E-state index contributed by atoms with van der Waals surface area (Å²) in [7, 11) is 0. The van der Waals surface area contributed by atoms with E-state index >= 15 is 0 Å². The van der Waals surface area contributed by atoms with Crippen LogP contribution >= 0.6 is 0 Å². The summed E-state index contributed by atoms with van der Waals surface area (Å²) in [6, 6.07) is 119. The van der Waals surface area contributed by atoms with Gasteiger partial charge in [-0.3, -0.25) is 9.55 Å². The van der Waals surface area contributed by atoms with Gasteiger partial charge in [0.05, 0.1) is 55.3 Å². The zero-order valence-corrected chi connectivity index (χ0v) is 64.6. The molecule has 30 rings (SSSR count). The summed E-state index contributed by atoms with van der Waals surface area (Å²) in [5.41, 5.74) is 32.1. The molecule has 116 heavy (non-hydrogen) atoms. The number of benzene rings is 14. The summed E-state index contributed by atoms with van der Waals surface area (Å²) in [6.45, 7) is 0. The Morgan fingerprint density at radius 1 is 0.241 bits per heavy atom. The van der Waals surface area contributed by atoms with E-state index in [4.69, 9.17) is 9.97 Å². The highest BCUT2D eigenvalue weighted by Crippen LogP contribution is 2.71. The van der Waals surface area contributed by atoms with Gasteiger partial charge in [-0.15, -0.1) is 0 Å². The second kappa shape index (κ2) is 23.9. The fourth-order valence-electron chi connectivity index (χ4n) is 26.7. The topological polar surface area (TPSA) is 45.5 Å². The van der Waals surface area contributed by atoms with E-state index in [0.717, 1.165) is 75.1 Å². The fraction of sp³-hybridized carbons (Fsp3) is 0.182. The van der Waals surface area contributed by atoms with E-state index in [1.54, 1.807) is 22.3 Å². The van der Waals surface area contributed by atoms with Crippen LogP contribution in [0.4, 0.5) is 0 Å². The highest BCUT2D eigenvalue weighted by atomic mass is 15.1. The third-order valence-corrected chi connectivity index (χ3v) is 30.6. The molecule has 2 spiro atoms. The van der Waals surface area contributed by atoms with Gasteiger partial charge in [0.15, 0.2) is 0 Å². The molecule has 6 heterocycles. The van der Waals surface area contributed by atoms with Crippen molar-refractivity contribution in [1.82, 2.24) is 28.2 Å². The molecule has 14 aromatic carbocycles. The average molecular weight is 1490 g/mol. The molecule has 0 N–H and O–H groups in total. The van der Waals surface area contributed by atoms with Crippen LogP contribution in [0.3, 0.4) is 0 Å². The second-order valence-corrected chi connectivity index (χ2v) is 36.0. The molecule has 6 nitrogen and oxygen atoms in total. The van der Waals surface area contributed by atoms with Gasteiger partial charge in [-0.25, -0.2) is 4.98 Å². The molecular formula is C110H82N6. The van der Waals surface area contributed by atoms with Crippen molar-refractivity contribution in [1.29, 1.82) is 0 Å². The predicted octanol–water partition coefficient (Wildman–Crippen LogP) is 27.6. The van der Waals surface area contributed by atoms with E-state index in [1.165, 1.54) is 213 Å². The number of para-hydroxylation sites is 5. The minimum atomic E-state index is 0.146. The van der Waals surface area contributed by atoms with Crippen LogP contribution in [0.2, 0.25) is 0 Å². The Morgan fingerprint density at radius 3 is 1.08 bits per heavy atom. The van der Waals surface area contributed by atoms with E-state index in [1.807, 2.05) is 18.5 Å². The molecule has 6 heteroatoms. The Labute approximate surface area is 672 Å². The van der Waals surface area contributed by atoms with Crippen LogP contribution < -0.4 is 0 Å². The molecule has 10 aliphatic carbocycles. The molecule has 8 saturated carbocycles. The van der Waals surface area contributed by atoms with Crippen LogP contribution in [-0.4, -0.2) is 28.2 Å². The molecule has 0 aliphatic heterocycles. The zero-order chi connectivity index (χ0) is 75.4. The van der Waals surface area contributed by atoms with Gasteiger partial charge in [0.2, 0.25) is 0 Å². The number of fused-ring (bicyclic) bond motifs is 20. The molecule has 0 saturated heterocycles. The van der Waals surface area contributed by atoms with Gasteiger partial charge in [0, 0.05) is 88.5 Å². The van der Waals surface area contributed by atoms with Gasteiger partial charge >= 0.3 is 0 Å². The van der Waals surface area contributed by atoms with Crippen LogP contribution in [-0.2, 0) is 10.8 Å². The highest BCUT2D eigenvalue weighted by Gasteiger charge is 2.63. The maximum absolute atomic E-state index is 4.95. The Morgan fingerprint density at radius 2 is 0.603 bits per heavy atom. The maximum atomic E-state index is 4.95. The lowest BCUT2D eigenvalue weighted by Gasteiger charge is -2.61. The predicted molar refractivity (Wildman–Crippen MR) is 478 cm³/mol. The average Bonchev–Trinajstić information content (AvgIpc) is 1.49. The van der Waals surface area contributed by atoms with E-state index in [9.17, 15) is 0 Å². The maximum Gasteiger partial charge on any atom is 0.138 e. The van der Waals surface area contributed by atoms with Crippen LogP contribution in [0.5, 0.6) is 0 Å². The Bertz CT molecular complexity index is 7590. The van der Waals surface area contributed by atoms with E-state index in [2.05, 4.69) is 328 Å². The van der Waals surface area contributed by atoms with Crippen molar-refractivity contribution >= 4 is 109 Å². The monoisotopic (exact) mass is 1490 g/mol. The molecule has 10 aliphatic rings. The van der Waals surface area contributed by atoms with Crippen LogP contribution in [0.1, 0.15) is 86.5 Å². The minimum Gasteiger partial charge on any atom is -0.309 e. The Hall–Kier alpha value is -12.9. The summed E-state index contributed by atoms with van der Waals surface area (Å²) in [4.78, 5) is 9.79. The van der Waals surface area contributed by atoms with Crippen molar-refractivity contribution in [2.75, 3.05) is 0 Å². The van der Waals surface area contributed by atoms with Crippen LogP contribution in [0.15, 0.2) is 328 Å². The number of hydrogen-bond acceptors (Lipinski definition) is 2. The zero-order valence-electron chi connectivity index (χ0n) is 64.6. The van der Waals surface area contributed by atoms with Gasteiger partial charge in [-0.1, -0.05) is 200 Å². The molecule has 6 aromatic heterocycles. The van der Waals surface area contributed by atoms with Gasteiger partial charge in [-0.05, 0) is 299 Å². The molecule has 0 atom stereocenters. The van der Waals surface area contributed by atoms with Gasteiger partial charge in [-0.2, -0.15) is 0 Å². The van der Waals surface area contributed by atoms with Gasteiger partial charge < -0.3 is 13.7 Å². The first-order valence-electron chi connectivity index (χ1n) is 42.8. The lowest BCUT2D eigenvalue weighted by atomic mass is 9.43. The quantitative estimate of drug-likeness (QED) is 0.167. The molecule has 552 valence electrons. The first kappa shape index (κ1) is 64.5. The SMILES string of the molecule is c1ccc2c(c1)-c1ccc(-n3c4ccccc4c4cc(-c5ccc6c(c5)c5ccccc5n6-c5cc6ccccc6cn5)ccc43)cc1C21C2CC3CC(C2)CC1C3.c1ccc2c(c1)-c1ccc(-n3c4ccccc4c4cc(-c5ccc6c(c5)c5ccccc5n6-c5cccc6cccnc56)ccc43)cc1C21C2CC3CC(C2)CC1C3. The van der Waals surface area contributed by atoms with Crippen molar-refractivity contribution in [3.8, 4) is 67.4 Å². The number of nitrogens with zero attached hydrogens (tertiary/aromatic N) is 6. The molecule has 20 aromatic rings. The lowest BCUT2D eigenvalue weighted by molar-refractivity contribution is -0.0399. The third-order valence-electron chi connectivity index (χ3n) is 30.6. The third kappa shape index (κ3) is 8.76. The highest BCUT2D eigenvalue weighted by molar-refractivity contribution is 6.16.